The van der Waals surface area contributed by atoms with Crippen molar-refractivity contribution in [1.29, 1.82) is 0 Å². The van der Waals surface area contributed by atoms with Crippen LogP contribution >= 0.6 is 11.3 Å². The number of nitrogens with one attached hydrogen (secondary N) is 1. The van der Waals surface area contributed by atoms with Crippen molar-refractivity contribution in [3.05, 3.63) is 46.6 Å². The molecule has 140 valence electrons. The molecular formula is C19H17F2N3O2S. The maximum atomic E-state index is 13.6. The van der Waals surface area contributed by atoms with Gasteiger partial charge in [-0.2, -0.15) is 0 Å². The summed E-state index contributed by atoms with van der Waals surface area (Å²) in [5.74, 6) is -1.10. The molecule has 3 aromatic rings. The second kappa shape index (κ2) is 7.19. The van der Waals surface area contributed by atoms with Crippen LogP contribution in [0, 0.1) is 17.6 Å². The number of rotatable bonds is 4. The van der Waals surface area contributed by atoms with Gasteiger partial charge in [0.05, 0.1) is 11.1 Å². The molecule has 5 nitrogen and oxygen atoms in total. The number of anilines is 1. The van der Waals surface area contributed by atoms with Gasteiger partial charge in [0, 0.05) is 10.9 Å². The molecule has 1 aliphatic rings. The summed E-state index contributed by atoms with van der Waals surface area (Å²) in [7, 11) is 0. The van der Waals surface area contributed by atoms with Crippen molar-refractivity contribution < 1.29 is 18.3 Å². The number of aromatic nitrogens is 2. The number of fused-ring (bicyclic) bond motifs is 3. The van der Waals surface area contributed by atoms with Crippen LogP contribution in [0.25, 0.3) is 10.2 Å². The van der Waals surface area contributed by atoms with Gasteiger partial charge in [0.1, 0.15) is 22.8 Å². The summed E-state index contributed by atoms with van der Waals surface area (Å²) in [6.07, 6.45) is 4.46. The maximum absolute atomic E-state index is 13.6. The van der Waals surface area contributed by atoms with E-state index in [2.05, 4.69) is 22.2 Å². The highest BCUT2D eigenvalue weighted by Crippen LogP contribution is 2.40. The second-order valence-electron chi connectivity index (χ2n) is 6.67. The summed E-state index contributed by atoms with van der Waals surface area (Å²) >= 11 is 1.64. The summed E-state index contributed by atoms with van der Waals surface area (Å²) in [4.78, 5) is 22.8. The van der Waals surface area contributed by atoms with Gasteiger partial charge >= 0.3 is 0 Å². The molecule has 1 aliphatic carbocycles. The van der Waals surface area contributed by atoms with Crippen molar-refractivity contribution in [3.63, 3.8) is 0 Å². The van der Waals surface area contributed by atoms with Gasteiger partial charge in [0.25, 0.3) is 5.91 Å². The van der Waals surface area contributed by atoms with Crippen molar-refractivity contribution in [2.24, 2.45) is 5.92 Å². The molecule has 0 spiro atoms. The summed E-state index contributed by atoms with van der Waals surface area (Å²) in [6, 6.07) is 2.96. The highest BCUT2D eigenvalue weighted by atomic mass is 32.1. The van der Waals surface area contributed by atoms with E-state index in [1.807, 2.05) is 0 Å². The van der Waals surface area contributed by atoms with Gasteiger partial charge in [0.2, 0.25) is 5.88 Å². The van der Waals surface area contributed by atoms with Crippen LogP contribution in [0.5, 0.6) is 5.88 Å². The average molecular weight is 389 g/mol. The Kier molecular flexibility index (Phi) is 4.73. The first kappa shape index (κ1) is 17.8. The van der Waals surface area contributed by atoms with Gasteiger partial charge in [0.15, 0.2) is 6.61 Å². The van der Waals surface area contributed by atoms with Crippen molar-refractivity contribution in [1.82, 2.24) is 9.97 Å². The van der Waals surface area contributed by atoms with Crippen LogP contribution < -0.4 is 10.1 Å². The Hall–Kier alpha value is -2.61. The van der Waals surface area contributed by atoms with Crippen LogP contribution in [0.15, 0.2) is 24.5 Å². The molecule has 0 radical (unpaired) electrons. The van der Waals surface area contributed by atoms with Crippen LogP contribution in [0.1, 0.15) is 23.8 Å². The fourth-order valence-corrected chi connectivity index (χ4v) is 4.61. The molecular weight excluding hydrogens is 372 g/mol. The predicted molar refractivity (Wildman–Crippen MR) is 99.1 cm³/mol. The number of carbonyl (C=O) groups excluding carboxylic acids is 1. The van der Waals surface area contributed by atoms with E-state index in [0.29, 0.717) is 17.9 Å². The van der Waals surface area contributed by atoms with Crippen LogP contribution in [0.3, 0.4) is 0 Å². The van der Waals surface area contributed by atoms with Crippen LogP contribution in [-0.4, -0.2) is 22.5 Å². The van der Waals surface area contributed by atoms with Crippen LogP contribution in [0.4, 0.5) is 14.5 Å². The molecule has 2 aromatic heterocycles. The Morgan fingerprint density at radius 2 is 2.22 bits per heavy atom. The number of halogens is 2. The minimum atomic E-state index is -0.839. The maximum Gasteiger partial charge on any atom is 0.262 e. The third kappa shape index (κ3) is 3.62. The van der Waals surface area contributed by atoms with E-state index in [-0.39, 0.29) is 12.3 Å². The van der Waals surface area contributed by atoms with Gasteiger partial charge in [-0.25, -0.2) is 18.7 Å². The first-order valence-electron chi connectivity index (χ1n) is 8.64. The molecule has 1 unspecified atom stereocenters. The van der Waals surface area contributed by atoms with E-state index in [4.69, 9.17) is 4.74 Å². The van der Waals surface area contributed by atoms with E-state index in [1.165, 1.54) is 22.8 Å². The molecule has 2 heterocycles. The van der Waals surface area contributed by atoms with Gasteiger partial charge < -0.3 is 10.1 Å². The van der Waals surface area contributed by atoms with E-state index in [9.17, 15) is 13.6 Å². The first-order valence-corrected chi connectivity index (χ1v) is 9.46. The lowest BCUT2D eigenvalue weighted by Crippen LogP contribution is -2.21. The number of hydrogen-bond donors (Lipinski definition) is 1. The molecule has 0 saturated carbocycles. The zero-order chi connectivity index (χ0) is 19.0. The molecule has 1 N–H and O–H groups in total. The Morgan fingerprint density at radius 1 is 1.37 bits per heavy atom. The Labute approximate surface area is 158 Å². The molecule has 0 aliphatic heterocycles. The summed E-state index contributed by atoms with van der Waals surface area (Å²) in [6.45, 7) is 1.90. The van der Waals surface area contributed by atoms with E-state index in [1.54, 1.807) is 11.3 Å². The molecule has 0 bridgehead atoms. The normalized spacial score (nSPS) is 16.2. The van der Waals surface area contributed by atoms with Crippen LogP contribution in [-0.2, 0) is 17.6 Å². The fraction of sp³-hybridized carbons (Fsp3) is 0.316. The number of ether oxygens (including phenoxy) is 1. The SMILES string of the molecule is CC1CCc2c(sc3ncnc(OCC(=O)Nc4ccc(F)cc4F)c23)C1. The Bertz CT molecular complexity index is 1020. The number of aryl methyl sites for hydroxylation is 1. The third-order valence-electron chi connectivity index (χ3n) is 4.60. The highest BCUT2D eigenvalue weighted by molar-refractivity contribution is 7.18. The second-order valence-corrected chi connectivity index (χ2v) is 7.76. The van der Waals surface area contributed by atoms with Gasteiger partial charge in [-0.3, -0.25) is 4.79 Å². The highest BCUT2D eigenvalue weighted by Gasteiger charge is 2.24. The lowest BCUT2D eigenvalue weighted by Gasteiger charge is -2.18. The minimum absolute atomic E-state index is 0.0975. The number of benzene rings is 1. The molecule has 8 heteroatoms. The Morgan fingerprint density at radius 3 is 3.04 bits per heavy atom. The van der Waals surface area contributed by atoms with E-state index >= 15 is 0 Å². The van der Waals surface area contributed by atoms with Gasteiger partial charge in [-0.05, 0) is 42.9 Å². The lowest BCUT2D eigenvalue weighted by atomic mass is 9.89. The molecule has 0 fully saturated rings. The molecule has 0 saturated heterocycles. The quantitative estimate of drug-likeness (QED) is 0.729. The van der Waals surface area contributed by atoms with Crippen LogP contribution in [0.2, 0.25) is 0 Å². The zero-order valence-electron chi connectivity index (χ0n) is 14.6. The first-order chi connectivity index (χ1) is 13.0. The van der Waals surface area contributed by atoms with E-state index in [0.717, 1.165) is 35.5 Å². The largest absolute Gasteiger partial charge is 0.467 e. The predicted octanol–water partition coefficient (Wildman–Crippen LogP) is 4.11. The van der Waals surface area contributed by atoms with Crippen molar-refractivity contribution in [2.45, 2.75) is 26.2 Å². The third-order valence-corrected chi connectivity index (χ3v) is 5.76. The van der Waals surface area contributed by atoms with Crippen molar-refractivity contribution in [3.8, 4) is 5.88 Å². The number of nitrogens with zero attached hydrogens (tertiary/aromatic N) is 2. The minimum Gasteiger partial charge on any atom is -0.467 e. The lowest BCUT2D eigenvalue weighted by molar-refractivity contribution is -0.118. The summed E-state index contributed by atoms with van der Waals surface area (Å²) in [5.41, 5.74) is 1.11. The Balaban J connectivity index is 1.51. The number of hydrogen-bond acceptors (Lipinski definition) is 5. The van der Waals surface area contributed by atoms with Gasteiger partial charge in [-0.1, -0.05) is 6.92 Å². The topological polar surface area (TPSA) is 64.1 Å². The summed E-state index contributed by atoms with van der Waals surface area (Å²) < 4.78 is 32.2. The molecule has 1 atom stereocenters. The average Bonchev–Trinajstić information content (AvgIpc) is 3.00. The molecule has 1 amide bonds. The molecule has 1 aromatic carbocycles. The smallest absolute Gasteiger partial charge is 0.262 e. The molecule has 27 heavy (non-hydrogen) atoms. The standard InChI is InChI=1S/C19H17F2N3O2S/c1-10-2-4-12-15(6-10)27-19-17(12)18(22-9-23-19)26-8-16(25)24-14-5-3-11(20)7-13(14)21/h3,5,7,9-10H,2,4,6,8H2,1H3,(H,24,25). The molecule has 4 rings (SSSR count). The van der Waals surface area contributed by atoms with Crippen molar-refractivity contribution >= 4 is 33.1 Å². The van der Waals surface area contributed by atoms with Crippen molar-refractivity contribution in [2.75, 3.05) is 11.9 Å². The summed E-state index contributed by atoms with van der Waals surface area (Å²) in [5, 5.41) is 3.24. The monoisotopic (exact) mass is 389 g/mol. The van der Waals surface area contributed by atoms with Gasteiger partial charge in [-0.15, -0.1) is 11.3 Å². The number of thiophene rings is 1. The number of amides is 1. The fourth-order valence-electron chi connectivity index (χ4n) is 3.27. The van der Waals surface area contributed by atoms with E-state index < -0.39 is 17.5 Å². The number of carbonyl (C=O) groups is 1. The zero-order valence-corrected chi connectivity index (χ0v) is 15.4.